The molecule has 0 fully saturated rings. The van der Waals surface area contributed by atoms with Crippen LogP contribution in [0.25, 0.3) is 11.0 Å². The molecule has 1 aromatic heterocycles. The number of benzene rings is 1. The Balaban J connectivity index is 2.79. The van der Waals surface area contributed by atoms with Crippen LogP contribution in [0.4, 0.5) is 0 Å². The van der Waals surface area contributed by atoms with Gasteiger partial charge in [0.25, 0.3) is 0 Å². The second kappa shape index (κ2) is 4.00. The predicted octanol–water partition coefficient (Wildman–Crippen LogP) is 2.76. The van der Waals surface area contributed by atoms with Crippen molar-refractivity contribution < 1.29 is 9.52 Å². The Kier molecular flexibility index (Phi) is 2.69. The van der Waals surface area contributed by atoms with Gasteiger partial charge in [-0.15, -0.1) is 0 Å². The topological polar surface area (TPSA) is 50.4 Å². The molecule has 0 bridgehead atoms. The van der Waals surface area contributed by atoms with Crippen molar-refractivity contribution in [2.24, 2.45) is 0 Å². The lowest BCUT2D eigenvalue weighted by Gasteiger charge is -2.06. The van der Waals surface area contributed by atoms with Crippen LogP contribution < -0.4 is 5.63 Å². The van der Waals surface area contributed by atoms with Crippen molar-refractivity contribution in [3.63, 3.8) is 0 Å². The second-order valence-corrected chi connectivity index (χ2v) is 3.92. The van der Waals surface area contributed by atoms with Crippen molar-refractivity contribution in [1.82, 2.24) is 0 Å². The summed E-state index contributed by atoms with van der Waals surface area (Å²) < 4.78 is 5.21. The quantitative estimate of drug-likeness (QED) is 0.788. The van der Waals surface area contributed by atoms with Gasteiger partial charge in [-0.25, -0.2) is 4.79 Å². The molecular weight excluding hydrogens is 204 g/mol. The van der Waals surface area contributed by atoms with Crippen molar-refractivity contribution >= 4 is 11.0 Å². The van der Waals surface area contributed by atoms with Crippen LogP contribution in [0.1, 0.15) is 24.5 Å². The zero-order valence-electron chi connectivity index (χ0n) is 9.41. The highest BCUT2D eigenvalue weighted by Crippen LogP contribution is 2.23. The number of hydrogen-bond donors (Lipinski definition) is 1. The summed E-state index contributed by atoms with van der Waals surface area (Å²) in [7, 11) is 0. The van der Waals surface area contributed by atoms with Gasteiger partial charge < -0.3 is 9.52 Å². The number of aromatic hydroxyl groups is 1. The third-order valence-electron chi connectivity index (χ3n) is 2.77. The van der Waals surface area contributed by atoms with Crippen LogP contribution in [0, 0.1) is 6.92 Å². The summed E-state index contributed by atoms with van der Waals surface area (Å²) >= 11 is 0. The molecular formula is C13H14O3. The first-order valence-corrected chi connectivity index (χ1v) is 5.38. The number of phenolic OH excluding ortho intramolecular Hbond substituents is 1. The fraction of sp³-hybridized carbons (Fsp3) is 0.308. The van der Waals surface area contributed by atoms with E-state index in [9.17, 15) is 9.90 Å². The van der Waals surface area contributed by atoms with Gasteiger partial charge in [0.15, 0.2) is 0 Å². The molecule has 0 amide bonds. The van der Waals surface area contributed by atoms with Crippen molar-refractivity contribution in [2.45, 2.75) is 26.7 Å². The van der Waals surface area contributed by atoms with E-state index in [-0.39, 0.29) is 11.4 Å². The molecule has 3 nitrogen and oxygen atoms in total. The Labute approximate surface area is 93.3 Å². The summed E-state index contributed by atoms with van der Waals surface area (Å²) in [5.74, 6) is 0.187. The molecule has 1 aromatic carbocycles. The summed E-state index contributed by atoms with van der Waals surface area (Å²) in [6.45, 7) is 3.91. The van der Waals surface area contributed by atoms with Gasteiger partial charge in [0.2, 0.25) is 0 Å². The summed E-state index contributed by atoms with van der Waals surface area (Å²) in [5.41, 5.74) is 1.88. The third kappa shape index (κ3) is 1.69. The average molecular weight is 218 g/mol. The second-order valence-electron chi connectivity index (χ2n) is 3.92. The Hall–Kier alpha value is -1.77. The largest absolute Gasteiger partial charge is 0.508 e. The number of fused-ring (bicyclic) bond motifs is 1. The van der Waals surface area contributed by atoms with E-state index in [1.165, 1.54) is 6.07 Å². The van der Waals surface area contributed by atoms with E-state index in [1.54, 1.807) is 12.1 Å². The summed E-state index contributed by atoms with van der Waals surface area (Å²) in [6, 6.07) is 4.77. The van der Waals surface area contributed by atoms with Crippen molar-refractivity contribution in [1.29, 1.82) is 0 Å². The summed E-state index contributed by atoms with van der Waals surface area (Å²) in [6.07, 6.45) is 1.61. The zero-order chi connectivity index (χ0) is 11.7. The van der Waals surface area contributed by atoms with Crippen molar-refractivity contribution in [3.8, 4) is 5.75 Å². The molecule has 0 aliphatic rings. The van der Waals surface area contributed by atoms with Crippen molar-refractivity contribution in [2.75, 3.05) is 0 Å². The first kappa shape index (κ1) is 10.7. The van der Waals surface area contributed by atoms with Gasteiger partial charge in [-0.1, -0.05) is 13.3 Å². The van der Waals surface area contributed by atoms with Crippen LogP contribution in [-0.2, 0) is 6.42 Å². The smallest absolute Gasteiger partial charge is 0.339 e. The first-order valence-electron chi connectivity index (χ1n) is 5.38. The maximum absolute atomic E-state index is 11.7. The standard InChI is InChI=1S/C13H14O3/c1-3-4-10-8(2)11-7-9(14)5-6-12(11)16-13(10)15/h5-7,14H,3-4H2,1-2H3. The number of rotatable bonds is 2. The fourth-order valence-corrected chi connectivity index (χ4v) is 1.92. The molecule has 2 rings (SSSR count). The van der Waals surface area contributed by atoms with Gasteiger partial charge in [0.05, 0.1) is 0 Å². The van der Waals surface area contributed by atoms with E-state index in [0.717, 1.165) is 17.4 Å². The van der Waals surface area contributed by atoms with Gasteiger partial charge in [0.1, 0.15) is 11.3 Å². The highest BCUT2D eigenvalue weighted by atomic mass is 16.4. The van der Waals surface area contributed by atoms with Crippen LogP contribution >= 0.6 is 0 Å². The molecule has 0 aliphatic carbocycles. The van der Waals surface area contributed by atoms with Crippen LogP contribution in [-0.4, -0.2) is 5.11 Å². The SMILES string of the molecule is CCCc1c(C)c2cc(O)ccc2oc1=O. The van der Waals surface area contributed by atoms with Gasteiger partial charge in [-0.05, 0) is 37.1 Å². The molecule has 3 heteroatoms. The van der Waals surface area contributed by atoms with Crippen LogP contribution in [0.2, 0.25) is 0 Å². The Morgan fingerprint density at radius 1 is 1.38 bits per heavy atom. The minimum atomic E-state index is -0.266. The lowest BCUT2D eigenvalue weighted by Crippen LogP contribution is -2.09. The average Bonchev–Trinajstić information content (AvgIpc) is 2.26. The normalized spacial score (nSPS) is 10.9. The predicted molar refractivity (Wildman–Crippen MR) is 62.9 cm³/mol. The molecule has 2 aromatic rings. The molecule has 16 heavy (non-hydrogen) atoms. The molecule has 0 spiro atoms. The van der Waals surface area contributed by atoms with E-state index >= 15 is 0 Å². The lowest BCUT2D eigenvalue weighted by molar-refractivity contribution is 0.475. The lowest BCUT2D eigenvalue weighted by atomic mass is 10.0. The molecule has 0 saturated heterocycles. The minimum Gasteiger partial charge on any atom is -0.508 e. The maximum atomic E-state index is 11.7. The minimum absolute atomic E-state index is 0.187. The van der Waals surface area contributed by atoms with Gasteiger partial charge in [-0.3, -0.25) is 0 Å². The summed E-state index contributed by atoms with van der Waals surface area (Å²) in [5, 5.41) is 10.2. The molecule has 0 radical (unpaired) electrons. The van der Waals surface area contributed by atoms with Crippen molar-refractivity contribution in [3.05, 3.63) is 39.7 Å². The number of phenols is 1. The van der Waals surface area contributed by atoms with E-state index in [0.29, 0.717) is 17.6 Å². The molecule has 84 valence electrons. The van der Waals surface area contributed by atoms with Crippen LogP contribution in [0.3, 0.4) is 0 Å². The van der Waals surface area contributed by atoms with Gasteiger partial charge in [-0.2, -0.15) is 0 Å². The number of aryl methyl sites for hydroxylation is 1. The zero-order valence-corrected chi connectivity index (χ0v) is 9.41. The highest BCUT2D eigenvalue weighted by molar-refractivity contribution is 5.82. The Morgan fingerprint density at radius 3 is 2.81 bits per heavy atom. The summed E-state index contributed by atoms with van der Waals surface area (Å²) in [4.78, 5) is 11.7. The van der Waals surface area contributed by atoms with E-state index < -0.39 is 0 Å². The molecule has 0 saturated carbocycles. The Bertz CT molecular complexity index is 581. The third-order valence-corrected chi connectivity index (χ3v) is 2.77. The van der Waals surface area contributed by atoms with E-state index in [2.05, 4.69) is 0 Å². The molecule has 0 unspecified atom stereocenters. The van der Waals surface area contributed by atoms with E-state index in [4.69, 9.17) is 4.42 Å². The molecule has 1 heterocycles. The molecule has 0 aliphatic heterocycles. The fourth-order valence-electron chi connectivity index (χ4n) is 1.92. The first-order chi connectivity index (χ1) is 7.63. The van der Waals surface area contributed by atoms with E-state index in [1.807, 2.05) is 13.8 Å². The van der Waals surface area contributed by atoms with Crippen LogP contribution in [0.15, 0.2) is 27.4 Å². The molecule has 1 N–H and O–H groups in total. The monoisotopic (exact) mass is 218 g/mol. The molecule has 0 atom stereocenters. The van der Waals surface area contributed by atoms with Crippen LogP contribution in [0.5, 0.6) is 5.75 Å². The maximum Gasteiger partial charge on any atom is 0.339 e. The highest BCUT2D eigenvalue weighted by Gasteiger charge is 2.10. The number of hydrogen-bond acceptors (Lipinski definition) is 3. The van der Waals surface area contributed by atoms with Gasteiger partial charge in [0, 0.05) is 10.9 Å². The van der Waals surface area contributed by atoms with Gasteiger partial charge >= 0.3 is 5.63 Å². The Morgan fingerprint density at radius 2 is 2.12 bits per heavy atom.